The molecule has 1 aromatic rings. The zero-order valence-corrected chi connectivity index (χ0v) is 16.4. The van der Waals surface area contributed by atoms with Gasteiger partial charge in [-0.2, -0.15) is 0 Å². The summed E-state index contributed by atoms with van der Waals surface area (Å²) in [7, 11) is 0. The summed E-state index contributed by atoms with van der Waals surface area (Å²) in [6, 6.07) is 6.69. The number of ketones is 1. The standard InChI is InChI=1S/C24H31NO/c1-15-4-5-19-14-23(2,3)25-21(20(19)6-15)10-22(26)24-11-16-7-17(12-24)9-18(8-16)13-24/h4-6,10,16-18,25H,7-9,11-14H2,1-3H3/b21-10-. The Balaban J connectivity index is 1.52. The summed E-state index contributed by atoms with van der Waals surface area (Å²) in [6.07, 6.45) is 10.6. The molecule has 26 heavy (non-hydrogen) atoms. The predicted octanol–water partition coefficient (Wildman–Crippen LogP) is 5.05. The van der Waals surface area contributed by atoms with E-state index in [9.17, 15) is 4.79 Å². The minimum absolute atomic E-state index is 0.00412. The van der Waals surface area contributed by atoms with Crippen molar-refractivity contribution in [3.8, 4) is 0 Å². The quantitative estimate of drug-likeness (QED) is 0.757. The van der Waals surface area contributed by atoms with Crippen LogP contribution in [0.1, 0.15) is 69.1 Å². The molecular formula is C24H31NO. The Morgan fingerprint density at radius 3 is 2.31 bits per heavy atom. The van der Waals surface area contributed by atoms with Crippen LogP contribution in [0.4, 0.5) is 0 Å². The zero-order valence-electron chi connectivity index (χ0n) is 16.4. The molecule has 0 amide bonds. The molecule has 1 aliphatic heterocycles. The number of nitrogens with one attached hydrogen (secondary N) is 1. The van der Waals surface area contributed by atoms with Gasteiger partial charge in [-0.25, -0.2) is 0 Å². The van der Waals surface area contributed by atoms with Gasteiger partial charge in [-0.15, -0.1) is 0 Å². The van der Waals surface area contributed by atoms with Gasteiger partial charge in [0.25, 0.3) is 0 Å². The van der Waals surface area contributed by atoms with Gasteiger partial charge in [-0.3, -0.25) is 4.79 Å². The van der Waals surface area contributed by atoms with Crippen LogP contribution in [0.2, 0.25) is 0 Å². The van der Waals surface area contributed by atoms with Crippen LogP contribution in [0.15, 0.2) is 24.3 Å². The van der Waals surface area contributed by atoms with Gasteiger partial charge >= 0.3 is 0 Å². The number of hydrogen-bond acceptors (Lipinski definition) is 2. The van der Waals surface area contributed by atoms with E-state index in [0.29, 0.717) is 5.78 Å². The first kappa shape index (κ1) is 16.6. The van der Waals surface area contributed by atoms with Crippen molar-refractivity contribution >= 4 is 11.5 Å². The molecule has 1 N–H and O–H groups in total. The van der Waals surface area contributed by atoms with Crippen molar-refractivity contribution in [2.24, 2.45) is 23.2 Å². The van der Waals surface area contributed by atoms with Gasteiger partial charge in [0.15, 0.2) is 5.78 Å². The van der Waals surface area contributed by atoms with E-state index in [1.807, 2.05) is 6.08 Å². The SMILES string of the molecule is Cc1ccc2c(c1)/C(=C/C(=O)C13CC4CC(CC(C4)C1)C3)NC(C)(C)C2. The maximum Gasteiger partial charge on any atom is 0.163 e. The second kappa shape index (κ2) is 5.47. The number of rotatable bonds is 2. The van der Waals surface area contributed by atoms with Crippen LogP contribution in [0.5, 0.6) is 0 Å². The van der Waals surface area contributed by atoms with E-state index < -0.39 is 0 Å². The lowest BCUT2D eigenvalue weighted by Crippen LogP contribution is -2.50. The molecule has 0 saturated heterocycles. The molecule has 0 spiro atoms. The number of allylic oxidation sites excluding steroid dienone is 1. The van der Waals surface area contributed by atoms with E-state index in [0.717, 1.165) is 49.1 Å². The normalized spacial score (nSPS) is 38.1. The molecule has 4 fully saturated rings. The molecule has 0 unspecified atom stereocenters. The molecule has 1 heterocycles. The monoisotopic (exact) mass is 349 g/mol. The number of benzene rings is 1. The molecule has 0 radical (unpaired) electrons. The van der Waals surface area contributed by atoms with E-state index in [4.69, 9.17) is 0 Å². The van der Waals surface area contributed by atoms with Crippen molar-refractivity contribution in [2.45, 2.75) is 71.3 Å². The van der Waals surface area contributed by atoms with Gasteiger partial charge in [0, 0.05) is 28.3 Å². The van der Waals surface area contributed by atoms with Crippen LogP contribution in [0.25, 0.3) is 5.70 Å². The van der Waals surface area contributed by atoms with Crippen LogP contribution in [0, 0.1) is 30.1 Å². The molecule has 5 aliphatic rings. The molecule has 1 aromatic carbocycles. The first-order valence-corrected chi connectivity index (χ1v) is 10.5. The van der Waals surface area contributed by atoms with Crippen LogP contribution < -0.4 is 5.32 Å². The average molecular weight is 350 g/mol. The van der Waals surface area contributed by atoms with Gasteiger partial charge in [0.2, 0.25) is 0 Å². The molecule has 0 atom stereocenters. The minimum atomic E-state index is -0.0466. The maximum absolute atomic E-state index is 13.6. The summed E-state index contributed by atoms with van der Waals surface area (Å²) in [5.41, 5.74) is 4.87. The summed E-state index contributed by atoms with van der Waals surface area (Å²) in [5.74, 6) is 2.85. The van der Waals surface area contributed by atoms with Crippen LogP contribution in [-0.2, 0) is 11.2 Å². The molecule has 4 saturated carbocycles. The zero-order chi connectivity index (χ0) is 18.1. The Hall–Kier alpha value is -1.57. The van der Waals surface area contributed by atoms with Crippen molar-refractivity contribution in [1.82, 2.24) is 5.32 Å². The van der Waals surface area contributed by atoms with E-state index in [1.54, 1.807) is 0 Å². The molecule has 2 heteroatoms. The van der Waals surface area contributed by atoms with Gasteiger partial charge in [0.05, 0.1) is 0 Å². The second-order valence-corrected chi connectivity index (χ2v) is 10.5. The first-order valence-electron chi connectivity index (χ1n) is 10.5. The Morgan fingerprint density at radius 1 is 1.08 bits per heavy atom. The first-order chi connectivity index (χ1) is 12.3. The van der Waals surface area contributed by atoms with Crippen LogP contribution in [-0.4, -0.2) is 11.3 Å². The van der Waals surface area contributed by atoms with E-state index in [-0.39, 0.29) is 11.0 Å². The van der Waals surface area contributed by atoms with E-state index in [1.165, 1.54) is 36.0 Å². The van der Waals surface area contributed by atoms with E-state index >= 15 is 0 Å². The maximum atomic E-state index is 13.6. The number of carbonyl (C=O) groups is 1. The van der Waals surface area contributed by atoms with Crippen molar-refractivity contribution < 1.29 is 4.79 Å². The fraction of sp³-hybridized carbons (Fsp3) is 0.625. The molecule has 4 bridgehead atoms. The van der Waals surface area contributed by atoms with Crippen molar-refractivity contribution in [2.75, 3.05) is 0 Å². The van der Waals surface area contributed by atoms with Crippen molar-refractivity contribution in [1.29, 1.82) is 0 Å². The molecule has 2 nitrogen and oxygen atoms in total. The van der Waals surface area contributed by atoms with Gasteiger partial charge in [0.1, 0.15) is 0 Å². The largest absolute Gasteiger partial charge is 0.379 e. The van der Waals surface area contributed by atoms with Crippen molar-refractivity contribution in [3.63, 3.8) is 0 Å². The van der Waals surface area contributed by atoms with Crippen LogP contribution >= 0.6 is 0 Å². The highest BCUT2D eigenvalue weighted by molar-refractivity contribution is 6.01. The third kappa shape index (κ3) is 2.64. The van der Waals surface area contributed by atoms with E-state index in [2.05, 4.69) is 44.3 Å². The van der Waals surface area contributed by atoms with Gasteiger partial charge in [-0.1, -0.05) is 17.7 Å². The van der Waals surface area contributed by atoms with Gasteiger partial charge < -0.3 is 5.32 Å². The number of carbonyl (C=O) groups excluding carboxylic acids is 1. The molecular weight excluding hydrogens is 318 g/mol. The lowest BCUT2D eigenvalue weighted by atomic mass is 9.48. The minimum Gasteiger partial charge on any atom is -0.379 e. The Bertz CT molecular complexity index is 765. The fourth-order valence-corrected chi connectivity index (χ4v) is 6.86. The highest BCUT2D eigenvalue weighted by Crippen LogP contribution is 2.60. The highest BCUT2D eigenvalue weighted by Gasteiger charge is 2.53. The summed E-state index contributed by atoms with van der Waals surface area (Å²) in [5, 5.41) is 3.68. The number of fused-ring (bicyclic) bond motifs is 1. The number of aryl methyl sites for hydroxylation is 1. The number of hydrogen-bond donors (Lipinski definition) is 1. The summed E-state index contributed by atoms with van der Waals surface area (Å²) in [4.78, 5) is 13.6. The summed E-state index contributed by atoms with van der Waals surface area (Å²) in [6.45, 7) is 6.61. The fourth-order valence-electron chi connectivity index (χ4n) is 6.86. The third-order valence-electron chi connectivity index (χ3n) is 7.50. The van der Waals surface area contributed by atoms with Gasteiger partial charge in [-0.05, 0) is 95.1 Å². The lowest BCUT2D eigenvalue weighted by Gasteiger charge is -2.55. The smallest absolute Gasteiger partial charge is 0.163 e. The Morgan fingerprint density at radius 2 is 1.69 bits per heavy atom. The Kier molecular flexibility index (Phi) is 3.49. The summed E-state index contributed by atoms with van der Waals surface area (Å²) >= 11 is 0. The molecule has 0 aromatic heterocycles. The topological polar surface area (TPSA) is 29.1 Å². The second-order valence-electron chi connectivity index (χ2n) is 10.5. The average Bonchev–Trinajstić information content (AvgIpc) is 2.53. The highest BCUT2D eigenvalue weighted by atomic mass is 16.1. The predicted molar refractivity (Wildman–Crippen MR) is 106 cm³/mol. The van der Waals surface area contributed by atoms with Crippen LogP contribution in [0.3, 0.4) is 0 Å². The Labute approximate surface area is 157 Å². The summed E-state index contributed by atoms with van der Waals surface area (Å²) < 4.78 is 0. The third-order valence-corrected chi connectivity index (χ3v) is 7.50. The molecule has 6 rings (SSSR count). The molecule has 138 valence electrons. The lowest BCUT2D eigenvalue weighted by molar-refractivity contribution is -0.138. The molecule has 4 aliphatic carbocycles. The van der Waals surface area contributed by atoms with Crippen molar-refractivity contribution in [3.05, 3.63) is 41.0 Å².